The van der Waals surface area contributed by atoms with Gasteiger partial charge in [-0.1, -0.05) is 6.66 Å². The van der Waals surface area contributed by atoms with E-state index in [2.05, 4.69) is 14.3 Å². The van der Waals surface area contributed by atoms with Gasteiger partial charge in [-0.3, -0.25) is 4.68 Å². The van der Waals surface area contributed by atoms with Crippen LogP contribution in [-0.4, -0.2) is 16.4 Å². The summed E-state index contributed by atoms with van der Waals surface area (Å²) in [5.74, 6) is 0. The minimum absolute atomic E-state index is 0.757. The van der Waals surface area contributed by atoms with E-state index in [1.165, 1.54) is 0 Å². The Hall–Kier alpha value is -0.560. The molecule has 0 bridgehead atoms. The van der Waals surface area contributed by atoms with Crippen molar-refractivity contribution in [1.29, 1.82) is 0 Å². The second kappa shape index (κ2) is 4.29. The zero-order chi connectivity index (χ0) is 8.15. The minimum Gasteiger partial charge on any atom is -0.396 e. The summed E-state index contributed by atoms with van der Waals surface area (Å²) in [5.41, 5.74) is 7.11. The van der Waals surface area contributed by atoms with Crippen molar-refractivity contribution >= 4 is 14.9 Å². The predicted molar refractivity (Wildman–Crippen MR) is 48.0 cm³/mol. The third kappa shape index (κ3) is 2.36. The predicted octanol–water partition coefficient (Wildman–Crippen LogP) is 0.802. The van der Waals surface area contributed by atoms with E-state index in [1.54, 1.807) is 10.9 Å². The lowest BCUT2D eigenvalue weighted by molar-refractivity contribution is 0.756. The van der Waals surface area contributed by atoms with E-state index in [1.807, 2.05) is 20.6 Å². The van der Waals surface area contributed by atoms with Gasteiger partial charge in [0.2, 0.25) is 0 Å². The van der Waals surface area contributed by atoms with Gasteiger partial charge in [-0.2, -0.15) is 5.10 Å². The molecule has 0 spiro atoms. The van der Waals surface area contributed by atoms with E-state index in [0.717, 1.165) is 11.4 Å². The van der Waals surface area contributed by atoms with Crippen molar-refractivity contribution in [3.8, 4) is 0 Å². The number of aromatic nitrogens is 2. The Kier molecular flexibility index (Phi) is 4.05. The number of nitrogens with two attached hydrogens (primary N) is 1. The van der Waals surface area contributed by atoms with Gasteiger partial charge in [-0.25, -0.2) is 0 Å². The van der Waals surface area contributed by atoms with E-state index < -0.39 is 0 Å². The number of aryl methyl sites for hydroxylation is 2. The molecule has 0 radical (unpaired) electrons. The molecule has 1 heterocycles. The Bertz CT molecular complexity index is 175. The molecule has 0 saturated heterocycles. The van der Waals surface area contributed by atoms with Crippen molar-refractivity contribution in [1.82, 2.24) is 9.78 Å². The second-order valence-corrected chi connectivity index (χ2v) is 1.84. The largest absolute Gasteiger partial charge is 0.396 e. The normalized spacial score (nSPS) is 8.40. The van der Waals surface area contributed by atoms with Crippen molar-refractivity contribution in [2.24, 2.45) is 7.05 Å². The summed E-state index contributed by atoms with van der Waals surface area (Å²) in [6, 6.07) is 0. The summed E-state index contributed by atoms with van der Waals surface area (Å²) < 4.78 is 1.70. The van der Waals surface area contributed by atoms with Crippen molar-refractivity contribution in [3.63, 3.8) is 0 Å². The van der Waals surface area contributed by atoms with Crippen LogP contribution in [0.15, 0.2) is 6.20 Å². The van der Waals surface area contributed by atoms with Crippen LogP contribution < -0.4 is 5.73 Å². The molecule has 1 aromatic heterocycles. The first-order chi connectivity index (χ1) is 4.70. The van der Waals surface area contributed by atoms with Crippen LogP contribution in [0.5, 0.6) is 0 Å². The first-order valence-electron chi connectivity index (χ1n) is 3.03. The fraction of sp³-hybridized carbons (Fsp3) is 0.500. The summed E-state index contributed by atoms with van der Waals surface area (Å²) in [7, 11) is 4.27. The zero-order valence-corrected chi connectivity index (χ0v) is 7.78. The van der Waals surface area contributed by atoms with Gasteiger partial charge in [0.15, 0.2) is 0 Å². The van der Waals surface area contributed by atoms with Crippen LogP contribution in [-0.2, 0) is 7.05 Å². The topological polar surface area (TPSA) is 43.8 Å². The van der Waals surface area contributed by atoms with Crippen LogP contribution in [0.4, 0.5) is 5.69 Å². The highest BCUT2D eigenvalue weighted by Crippen LogP contribution is 2.03. The summed E-state index contributed by atoms with van der Waals surface area (Å²) in [5, 5.41) is 4.00. The average Bonchev–Trinajstić information content (AvgIpc) is 2.16. The van der Waals surface area contributed by atoms with Crippen LogP contribution in [0.2, 0.25) is 0 Å². The Balaban J connectivity index is 0.000000371. The van der Waals surface area contributed by atoms with E-state index >= 15 is 0 Å². The number of nitrogens with zero attached hydrogens (tertiary/aromatic N) is 2. The maximum atomic E-state index is 5.46. The maximum absolute atomic E-state index is 5.46. The van der Waals surface area contributed by atoms with Gasteiger partial charge in [0.05, 0.1) is 11.4 Å². The van der Waals surface area contributed by atoms with Crippen LogP contribution in [0, 0.1) is 6.92 Å². The molecule has 58 valence electrons. The number of rotatable bonds is 0. The second-order valence-electron chi connectivity index (χ2n) is 1.84. The van der Waals surface area contributed by atoms with E-state index in [0.29, 0.717) is 0 Å². The zero-order valence-electron chi connectivity index (χ0n) is 6.63. The fourth-order valence-electron chi connectivity index (χ4n) is 0.618. The first kappa shape index (κ1) is 9.44. The third-order valence-corrected chi connectivity index (χ3v) is 1.05. The summed E-state index contributed by atoms with van der Waals surface area (Å²) in [6.07, 6.45) is 1.79. The van der Waals surface area contributed by atoms with Gasteiger partial charge < -0.3 is 5.73 Å². The maximum Gasteiger partial charge on any atom is 0.0822 e. The quantitative estimate of drug-likeness (QED) is 0.569. The molecule has 0 aliphatic heterocycles. The molecule has 1 rings (SSSR count). The Labute approximate surface area is 63.8 Å². The minimum atomic E-state index is 0.757. The molecule has 0 aromatic carbocycles. The molecule has 2 N–H and O–H groups in total. The van der Waals surface area contributed by atoms with Gasteiger partial charge in [0.25, 0.3) is 0 Å². The Morgan fingerprint density at radius 3 is 2.20 bits per heavy atom. The van der Waals surface area contributed by atoms with Gasteiger partial charge in [0, 0.05) is 13.2 Å². The summed E-state index contributed by atoms with van der Waals surface area (Å²) >= 11 is 0. The van der Waals surface area contributed by atoms with Crippen molar-refractivity contribution < 1.29 is 0 Å². The standard InChI is InChI=1S/C5H9N3.CH5P/c1-4-5(6)3-8(2)7-4;1-2/h3H,6H2,1-2H3;2H2,1H3. The number of hydrogen-bond acceptors (Lipinski definition) is 2. The molecular weight excluding hydrogens is 145 g/mol. The van der Waals surface area contributed by atoms with Gasteiger partial charge in [0.1, 0.15) is 0 Å². The highest BCUT2D eigenvalue weighted by molar-refractivity contribution is 7.15. The van der Waals surface area contributed by atoms with Gasteiger partial charge in [-0.15, -0.1) is 9.24 Å². The highest BCUT2D eigenvalue weighted by Gasteiger charge is 1.93. The molecule has 1 aromatic rings. The lowest BCUT2D eigenvalue weighted by atomic mass is 10.4. The fourth-order valence-corrected chi connectivity index (χ4v) is 0.618. The van der Waals surface area contributed by atoms with Crippen molar-refractivity contribution in [2.45, 2.75) is 6.92 Å². The highest BCUT2D eigenvalue weighted by atomic mass is 31.0. The smallest absolute Gasteiger partial charge is 0.0822 e. The SMILES string of the molecule is CP.Cc1nn(C)cc1N. The van der Waals surface area contributed by atoms with Gasteiger partial charge >= 0.3 is 0 Å². The molecule has 3 nitrogen and oxygen atoms in total. The van der Waals surface area contributed by atoms with Crippen molar-refractivity contribution in [2.75, 3.05) is 12.4 Å². The first-order valence-corrected chi connectivity index (χ1v) is 4.19. The average molecular weight is 159 g/mol. The molecule has 4 heteroatoms. The molecule has 0 fully saturated rings. The van der Waals surface area contributed by atoms with Crippen molar-refractivity contribution in [3.05, 3.63) is 11.9 Å². The van der Waals surface area contributed by atoms with Crippen LogP contribution in [0.1, 0.15) is 5.69 Å². The molecule has 0 amide bonds. The molecule has 1 atom stereocenters. The Morgan fingerprint density at radius 2 is 2.10 bits per heavy atom. The summed E-state index contributed by atoms with van der Waals surface area (Å²) in [4.78, 5) is 0. The lowest BCUT2D eigenvalue weighted by Crippen LogP contribution is -1.86. The van der Waals surface area contributed by atoms with Gasteiger partial charge in [-0.05, 0) is 6.92 Å². The molecule has 0 aliphatic carbocycles. The Morgan fingerprint density at radius 1 is 1.60 bits per heavy atom. The number of nitrogen functional groups attached to an aromatic ring is 1. The van der Waals surface area contributed by atoms with E-state index in [4.69, 9.17) is 5.73 Å². The number of anilines is 1. The van der Waals surface area contributed by atoms with E-state index in [-0.39, 0.29) is 0 Å². The molecule has 0 aliphatic rings. The molecule has 1 unspecified atom stereocenters. The molecule has 0 saturated carbocycles. The lowest BCUT2D eigenvalue weighted by Gasteiger charge is -1.79. The number of hydrogen-bond donors (Lipinski definition) is 1. The summed E-state index contributed by atoms with van der Waals surface area (Å²) in [6.45, 7) is 3.80. The monoisotopic (exact) mass is 159 g/mol. The third-order valence-electron chi connectivity index (χ3n) is 1.05. The van der Waals surface area contributed by atoms with E-state index in [9.17, 15) is 0 Å². The van der Waals surface area contributed by atoms with Crippen LogP contribution in [0.3, 0.4) is 0 Å². The van der Waals surface area contributed by atoms with Crippen LogP contribution >= 0.6 is 9.24 Å². The van der Waals surface area contributed by atoms with Crippen LogP contribution in [0.25, 0.3) is 0 Å². The molecule has 10 heavy (non-hydrogen) atoms. The molecular formula is C6H14N3P.